The fourth-order valence-corrected chi connectivity index (χ4v) is 4.11. The third kappa shape index (κ3) is 3.60. The predicted octanol–water partition coefficient (Wildman–Crippen LogP) is 4.78. The minimum Gasteiger partial charge on any atom is -0.462 e. The number of fused-ring (bicyclic) bond motifs is 3. The Kier molecular flexibility index (Phi) is 5.13. The van der Waals surface area contributed by atoms with Crippen LogP contribution in [0.2, 0.25) is 0 Å². The van der Waals surface area contributed by atoms with Crippen molar-refractivity contribution in [2.45, 2.75) is 26.2 Å². The van der Waals surface area contributed by atoms with Crippen molar-refractivity contribution in [3.8, 4) is 0 Å². The van der Waals surface area contributed by atoms with E-state index in [4.69, 9.17) is 4.74 Å². The molecule has 0 atom stereocenters. The zero-order valence-electron chi connectivity index (χ0n) is 17.5. The fourth-order valence-electron chi connectivity index (χ4n) is 4.11. The zero-order chi connectivity index (χ0) is 22.3. The van der Waals surface area contributed by atoms with Gasteiger partial charge in [0.2, 0.25) is 0 Å². The number of ether oxygens (including phenoxy) is 1. The summed E-state index contributed by atoms with van der Waals surface area (Å²) in [6.45, 7) is 6.05. The molecule has 4 rings (SSSR count). The maximum atomic E-state index is 13.7. The first-order valence-electron chi connectivity index (χ1n) is 9.99. The van der Waals surface area contributed by atoms with Gasteiger partial charge < -0.3 is 14.6 Å². The number of nitrogens with zero attached hydrogens (tertiary/aromatic N) is 1. The number of hydrogen-bond acceptors (Lipinski definition) is 3. The van der Waals surface area contributed by atoms with Crippen LogP contribution >= 0.6 is 0 Å². The van der Waals surface area contributed by atoms with Gasteiger partial charge >= 0.3 is 5.97 Å². The Bertz CT molecular complexity index is 1230. The van der Waals surface area contributed by atoms with Crippen LogP contribution in [0, 0.1) is 11.6 Å². The maximum Gasteiger partial charge on any atom is 0.341 e. The fraction of sp³-hybridized carbons (Fsp3) is 0.250. The third-order valence-electron chi connectivity index (χ3n) is 5.43. The van der Waals surface area contributed by atoms with E-state index in [9.17, 15) is 18.4 Å². The summed E-state index contributed by atoms with van der Waals surface area (Å²) in [5, 5.41) is 0.944. The Labute approximate surface area is 178 Å². The molecule has 2 aromatic carbocycles. The minimum absolute atomic E-state index is 0.00965. The topological polar surface area (TPSA) is 62.4 Å². The lowest BCUT2D eigenvalue weighted by Gasteiger charge is -2.29. The summed E-state index contributed by atoms with van der Waals surface area (Å²) in [5.74, 6) is -3.25. The molecule has 0 fully saturated rings. The van der Waals surface area contributed by atoms with Crippen molar-refractivity contribution in [3.63, 3.8) is 0 Å². The number of H-pyrrole nitrogens is 1. The molecule has 3 aromatic rings. The molecule has 1 N–H and O–H groups in total. The molecule has 0 saturated carbocycles. The van der Waals surface area contributed by atoms with Crippen LogP contribution in [0.5, 0.6) is 0 Å². The van der Waals surface area contributed by atoms with Gasteiger partial charge in [0, 0.05) is 34.6 Å². The first-order chi connectivity index (χ1) is 14.7. The molecule has 0 bridgehead atoms. The molecule has 1 aliphatic rings. The second-order valence-electron chi connectivity index (χ2n) is 8.13. The van der Waals surface area contributed by atoms with Crippen molar-refractivity contribution in [2.75, 3.05) is 13.2 Å². The highest BCUT2D eigenvalue weighted by Crippen LogP contribution is 2.40. The quantitative estimate of drug-likeness (QED) is 0.616. The predicted molar refractivity (Wildman–Crippen MR) is 113 cm³/mol. The van der Waals surface area contributed by atoms with Gasteiger partial charge in [0.15, 0.2) is 11.6 Å². The van der Waals surface area contributed by atoms with Gasteiger partial charge in [-0.05, 0) is 36.8 Å². The Hall–Kier alpha value is -3.48. The number of para-hydroxylation sites is 1. The number of aromatic amines is 1. The lowest BCUT2D eigenvalue weighted by molar-refractivity contribution is -0.136. The highest BCUT2D eigenvalue weighted by Gasteiger charge is 2.37. The van der Waals surface area contributed by atoms with E-state index in [1.807, 2.05) is 38.1 Å². The Morgan fingerprint density at radius 1 is 1.13 bits per heavy atom. The molecule has 160 valence electrons. The largest absolute Gasteiger partial charge is 0.462 e. The van der Waals surface area contributed by atoms with Crippen LogP contribution in [0.4, 0.5) is 8.78 Å². The Morgan fingerprint density at radius 3 is 2.58 bits per heavy atom. The minimum atomic E-state index is -1.11. The summed E-state index contributed by atoms with van der Waals surface area (Å²) in [5.41, 5.74) is 1.98. The van der Waals surface area contributed by atoms with Crippen LogP contribution in [-0.4, -0.2) is 34.9 Å². The summed E-state index contributed by atoms with van der Waals surface area (Å²) in [6.07, 6.45) is 1.44. The number of halogens is 2. The second-order valence-corrected chi connectivity index (χ2v) is 8.13. The van der Waals surface area contributed by atoms with E-state index in [1.54, 1.807) is 6.92 Å². The number of nitrogens with one attached hydrogen (secondary N) is 1. The van der Waals surface area contributed by atoms with Crippen molar-refractivity contribution in [3.05, 3.63) is 77.1 Å². The van der Waals surface area contributed by atoms with E-state index in [1.165, 1.54) is 17.2 Å². The van der Waals surface area contributed by atoms with Gasteiger partial charge in [0.25, 0.3) is 5.91 Å². The number of carbonyl (C=O) groups excluding carboxylic acids is 2. The molecule has 0 saturated heterocycles. The van der Waals surface area contributed by atoms with Crippen LogP contribution in [0.15, 0.2) is 48.7 Å². The zero-order valence-corrected chi connectivity index (χ0v) is 17.5. The van der Waals surface area contributed by atoms with E-state index in [0.29, 0.717) is 5.69 Å². The molecule has 0 aliphatic carbocycles. The lowest BCUT2D eigenvalue weighted by atomic mass is 9.81. The Balaban J connectivity index is 1.89. The number of hydrogen-bond donors (Lipinski definition) is 1. The van der Waals surface area contributed by atoms with Gasteiger partial charge in [-0.3, -0.25) is 4.79 Å². The molecular weight excluding hydrogens is 402 g/mol. The van der Waals surface area contributed by atoms with Crippen molar-refractivity contribution >= 4 is 28.4 Å². The SMILES string of the molecule is CCOC(=O)C1=CN(C(=O)c2ccc(F)c(F)c2)CC(C)(C)c2c1[nH]c1ccccc21. The van der Waals surface area contributed by atoms with Crippen LogP contribution in [0.3, 0.4) is 0 Å². The molecule has 5 nitrogen and oxygen atoms in total. The number of benzene rings is 2. The van der Waals surface area contributed by atoms with Crippen molar-refractivity contribution in [1.29, 1.82) is 0 Å². The van der Waals surface area contributed by atoms with Gasteiger partial charge in [0.1, 0.15) is 0 Å². The molecule has 0 spiro atoms. The monoisotopic (exact) mass is 424 g/mol. The standard InChI is InChI=1S/C24H22F2N2O3/c1-4-31-23(30)16-12-28(22(29)14-9-10-17(25)18(26)11-14)13-24(2,3)20-15-7-5-6-8-19(15)27-21(16)20/h5-12,27H,4,13H2,1-3H3. The van der Waals surface area contributed by atoms with E-state index in [2.05, 4.69) is 4.98 Å². The molecule has 1 amide bonds. The summed E-state index contributed by atoms with van der Waals surface area (Å²) in [6, 6.07) is 10.7. The number of aromatic nitrogens is 1. The van der Waals surface area contributed by atoms with Crippen LogP contribution in [-0.2, 0) is 14.9 Å². The van der Waals surface area contributed by atoms with Crippen molar-refractivity contribution < 1.29 is 23.1 Å². The lowest BCUT2D eigenvalue weighted by Crippen LogP contribution is -2.37. The summed E-state index contributed by atoms with van der Waals surface area (Å²) in [7, 11) is 0. The van der Waals surface area contributed by atoms with E-state index in [-0.39, 0.29) is 24.3 Å². The number of carbonyl (C=O) groups is 2. The molecule has 0 radical (unpaired) electrons. The molecule has 2 heterocycles. The third-order valence-corrected chi connectivity index (χ3v) is 5.43. The molecule has 0 unspecified atom stereocenters. The number of esters is 1. The van der Waals surface area contributed by atoms with E-state index >= 15 is 0 Å². The molecule has 1 aliphatic heterocycles. The molecular formula is C24H22F2N2O3. The summed E-state index contributed by atoms with van der Waals surface area (Å²) >= 11 is 0. The first-order valence-corrected chi connectivity index (χ1v) is 9.99. The molecule has 1 aromatic heterocycles. The highest BCUT2D eigenvalue weighted by molar-refractivity contribution is 6.18. The Morgan fingerprint density at radius 2 is 1.87 bits per heavy atom. The average molecular weight is 424 g/mol. The number of rotatable bonds is 3. The van der Waals surface area contributed by atoms with Crippen LogP contribution in [0.25, 0.3) is 16.5 Å². The summed E-state index contributed by atoms with van der Waals surface area (Å²) < 4.78 is 32.3. The highest BCUT2D eigenvalue weighted by atomic mass is 19.2. The normalized spacial score (nSPS) is 15.3. The van der Waals surface area contributed by atoms with Gasteiger partial charge in [-0.2, -0.15) is 0 Å². The first kappa shape index (κ1) is 20.8. The van der Waals surface area contributed by atoms with Gasteiger partial charge in [-0.25, -0.2) is 13.6 Å². The number of amides is 1. The summed E-state index contributed by atoms with van der Waals surface area (Å²) in [4.78, 5) is 30.7. The van der Waals surface area contributed by atoms with Gasteiger partial charge in [0.05, 0.1) is 17.9 Å². The second kappa shape index (κ2) is 7.65. The molecule has 7 heteroatoms. The van der Waals surface area contributed by atoms with E-state index < -0.39 is 28.9 Å². The van der Waals surface area contributed by atoms with Gasteiger partial charge in [-0.15, -0.1) is 0 Å². The van der Waals surface area contributed by atoms with Crippen molar-refractivity contribution in [2.24, 2.45) is 0 Å². The van der Waals surface area contributed by atoms with Crippen LogP contribution < -0.4 is 0 Å². The maximum absolute atomic E-state index is 13.7. The van der Waals surface area contributed by atoms with Crippen molar-refractivity contribution in [1.82, 2.24) is 9.88 Å². The van der Waals surface area contributed by atoms with E-state index in [0.717, 1.165) is 28.6 Å². The van der Waals surface area contributed by atoms with Crippen LogP contribution in [0.1, 0.15) is 42.4 Å². The average Bonchev–Trinajstić information content (AvgIpc) is 3.07. The van der Waals surface area contributed by atoms with Gasteiger partial charge in [-0.1, -0.05) is 32.0 Å². The molecule has 31 heavy (non-hydrogen) atoms. The smallest absolute Gasteiger partial charge is 0.341 e.